The van der Waals surface area contributed by atoms with E-state index in [-0.39, 0.29) is 31.0 Å². The molecular weight excluding hydrogens is 461 g/mol. The van der Waals surface area contributed by atoms with Crippen LogP contribution in [0, 0.1) is 0 Å². The number of H-pyrrole nitrogens is 1. The maximum atomic E-state index is 13.9. The van der Waals surface area contributed by atoms with Gasteiger partial charge in [0, 0.05) is 55.1 Å². The van der Waals surface area contributed by atoms with Gasteiger partial charge in [-0.25, -0.2) is 4.98 Å². The van der Waals surface area contributed by atoms with Gasteiger partial charge in [0.2, 0.25) is 5.91 Å². The normalized spacial score (nSPS) is 15.0. The molecule has 0 fully saturated rings. The lowest BCUT2D eigenvalue weighted by molar-refractivity contribution is -0.141. The third-order valence-corrected chi connectivity index (χ3v) is 6.19. The zero-order chi connectivity index (χ0) is 24.3. The number of amides is 1. The van der Waals surface area contributed by atoms with E-state index >= 15 is 0 Å². The summed E-state index contributed by atoms with van der Waals surface area (Å²) in [7, 11) is 1.68. The highest BCUT2D eigenvalue weighted by molar-refractivity contribution is 5.95. The Labute approximate surface area is 196 Å². The van der Waals surface area contributed by atoms with Crippen molar-refractivity contribution in [3.63, 3.8) is 0 Å². The van der Waals surface area contributed by atoms with Crippen molar-refractivity contribution in [1.29, 1.82) is 0 Å². The molecule has 0 radical (unpaired) electrons. The number of nitrogens with one attached hydrogen (secondary N) is 1. The van der Waals surface area contributed by atoms with Crippen molar-refractivity contribution in [2.45, 2.75) is 32.1 Å². The number of pyridine rings is 1. The van der Waals surface area contributed by atoms with Crippen LogP contribution in [0.1, 0.15) is 24.2 Å². The molecule has 1 amide bonds. The molecule has 0 aliphatic carbocycles. The molecule has 5 aromatic rings. The van der Waals surface area contributed by atoms with E-state index < -0.39 is 11.9 Å². The van der Waals surface area contributed by atoms with E-state index in [4.69, 9.17) is 4.98 Å². The molecule has 4 bridgehead atoms. The number of fused-ring (bicyclic) bond motifs is 8. The molecular formula is C23H19F3N8O. The molecule has 0 atom stereocenters. The summed E-state index contributed by atoms with van der Waals surface area (Å²) in [6.45, 7) is 0.425. The van der Waals surface area contributed by atoms with Crippen LogP contribution in [-0.4, -0.2) is 52.2 Å². The molecule has 0 spiro atoms. The first kappa shape index (κ1) is 21.3. The SMILES string of the molecule is CN1Cc2nc3ccccn3c2-c2cc3c(c[nH]c3nn2)-c2cn(nc2C(F)(F)F)CCCC1=O. The second-order valence-corrected chi connectivity index (χ2v) is 8.54. The van der Waals surface area contributed by atoms with Gasteiger partial charge < -0.3 is 9.88 Å². The van der Waals surface area contributed by atoms with Crippen molar-refractivity contribution >= 4 is 22.6 Å². The van der Waals surface area contributed by atoms with Gasteiger partial charge in [0.25, 0.3) is 0 Å². The summed E-state index contributed by atoms with van der Waals surface area (Å²) in [6, 6.07) is 7.24. The number of rotatable bonds is 0. The lowest BCUT2D eigenvalue weighted by Crippen LogP contribution is -2.26. The van der Waals surface area contributed by atoms with Crippen LogP contribution in [0.2, 0.25) is 0 Å². The molecule has 0 saturated carbocycles. The first-order valence-electron chi connectivity index (χ1n) is 11.0. The Morgan fingerprint density at radius 2 is 2.00 bits per heavy atom. The van der Waals surface area contributed by atoms with Gasteiger partial charge in [0.1, 0.15) is 11.3 Å². The smallest absolute Gasteiger partial charge is 0.344 e. The minimum Gasteiger partial charge on any atom is -0.344 e. The lowest BCUT2D eigenvalue weighted by atomic mass is 10.1. The molecule has 1 N–H and O–H groups in total. The van der Waals surface area contributed by atoms with Crippen LogP contribution >= 0.6 is 0 Å². The molecule has 6 heterocycles. The molecule has 0 unspecified atom stereocenters. The van der Waals surface area contributed by atoms with Crippen LogP contribution in [0.4, 0.5) is 13.2 Å². The Morgan fingerprint density at radius 3 is 2.83 bits per heavy atom. The predicted molar refractivity (Wildman–Crippen MR) is 120 cm³/mol. The maximum Gasteiger partial charge on any atom is 0.435 e. The summed E-state index contributed by atoms with van der Waals surface area (Å²) < 4.78 is 44.8. The minimum atomic E-state index is -4.65. The summed E-state index contributed by atoms with van der Waals surface area (Å²) in [5.74, 6) is -0.140. The first-order chi connectivity index (χ1) is 16.8. The van der Waals surface area contributed by atoms with Gasteiger partial charge in [0.05, 0.1) is 17.9 Å². The summed E-state index contributed by atoms with van der Waals surface area (Å²) >= 11 is 0. The van der Waals surface area contributed by atoms with Crippen molar-refractivity contribution in [2.75, 3.05) is 7.05 Å². The molecule has 1 aliphatic heterocycles. The van der Waals surface area contributed by atoms with Crippen LogP contribution in [0.3, 0.4) is 0 Å². The molecule has 0 aromatic carbocycles. The highest BCUT2D eigenvalue weighted by atomic mass is 19.4. The average Bonchev–Trinajstić information content (AvgIpc) is 3.52. The third-order valence-electron chi connectivity index (χ3n) is 6.19. The van der Waals surface area contributed by atoms with Crippen LogP contribution < -0.4 is 0 Å². The Kier molecular flexibility index (Phi) is 4.66. The Hall–Kier alpha value is -4.22. The number of hydrogen-bond acceptors (Lipinski definition) is 5. The molecule has 178 valence electrons. The van der Waals surface area contributed by atoms with Gasteiger partial charge in [0.15, 0.2) is 11.3 Å². The lowest BCUT2D eigenvalue weighted by Gasteiger charge is -2.17. The Bertz CT molecular complexity index is 1600. The van der Waals surface area contributed by atoms with Crippen molar-refractivity contribution in [2.24, 2.45) is 0 Å². The number of halogens is 3. The second kappa shape index (κ2) is 7.65. The van der Waals surface area contributed by atoms with Crippen molar-refractivity contribution in [3.8, 4) is 22.5 Å². The van der Waals surface area contributed by atoms with Gasteiger partial charge in [-0.2, -0.15) is 18.3 Å². The number of hydrogen-bond donors (Lipinski definition) is 1. The molecule has 9 nitrogen and oxygen atoms in total. The number of aromatic amines is 1. The van der Waals surface area contributed by atoms with E-state index in [2.05, 4.69) is 20.3 Å². The first-order valence-corrected chi connectivity index (χ1v) is 11.0. The largest absolute Gasteiger partial charge is 0.435 e. The maximum absolute atomic E-state index is 13.9. The van der Waals surface area contributed by atoms with E-state index in [1.165, 1.54) is 17.1 Å². The highest BCUT2D eigenvalue weighted by Gasteiger charge is 2.38. The number of carbonyl (C=O) groups excluding carboxylic acids is 1. The van der Waals surface area contributed by atoms with Crippen molar-refractivity contribution in [3.05, 3.63) is 54.2 Å². The standard InChI is InChI=1S/C23H19F3N8O/c1-32-12-17-20(34-8-3-2-5-18(34)28-17)16-9-13-14(10-27-22(13)30-29-16)15-11-33(7-4-6-19(32)35)31-21(15)23(24,25)26/h2-3,5,8-11H,4,6-7,12H2,1H3,(H,27,30). The third kappa shape index (κ3) is 3.52. The zero-order valence-electron chi connectivity index (χ0n) is 18.5. The fourth-order valence-corrected chi connectivity index (χ4v) is 4.52. The average molecular weight is 480 g/mol. The summed E-state index contributed by atoms with van der Waals surface area (Å²) in [5.41, 5.74) is 1.99. The fraction of sp³-hybridized carbons (Fsp3) is 0.261. The molecule has 1 aliphatic rings. The van der Waals surface area contributed by atoms with Crippen LogP contribution in [0.25, 0.3) is 39.2 Å². The topological polar surface area (TPSA) is 97.0 Å². The number of carbonyl (C=O) groups is 1. The van der Waals surface area contributed by atoms with E-state index in [0.29, 0.717) is 45.7 Å². The number of nitrogens with zero attached hydrogens (tertiary/aromatic N) is 7. The Balaban J connectivity index is 1.64. The molecule has 5 aromatic heterocycles. The second-order valence-electron chi connectivity index (χ2n) is 8.54. The number of alkyl halides is 3. The van der Waals surface area contributed by atoms with Gasteiger partial charge in [-0.3, -0.25) is 13.9 Å². The minimum absolute atomic E-state index is 0.0561. The van der Waals surface area contributed by atoms with Crippen LogP contribution in [0.5, 0.6) is 0 Å². The van der Waals surface area contributed by atoms with Crippen LogP contribution in [0.15, 0.2) is 42.9 Å². The van der Waals surface area contributed by atoms with E-state index in [0.717, 1.165) is 0 Å². The predicted octanol–water partition coefficient (Wildman–Crippen LogP) is 3.91. The molecule has 6 rings (SSSR count). The highest BCUT2D eigenvalue weighted by Crippen LogP contribution is 2.39. The fourth-order valence-electron chi connectivity index (χ4n) is 4.52. The Morgan fingerprint density at radius 1 is 1.14 bits per heavy atom. The van der Waals surface area contributed by atoms with Crippen molar-refractivity contribution < 1.29 is 18.0 Å². The number of aromatic nitrogens is 7. The molecule has 35 heavy (non-hydrogen) atoms. The van der Waals surface area contributed by atoms with E-state index in [1.54, 1.807) is 18.0 Å². The van der Waals surface area contributed by atoms with Gasteiger partial charge in [-0.05, 0) is 24.6 Å². The van der Waals surface area contributed by atoms with Gasteiger partial charge in [-0.15, -0.1) is 10.2 Å². The van der Waals surface area contributed by atoms with Gasteiger partial charge >= 0.3 is 6.18 Å². The summed E-state index contributed by atoms with van der Waals surface area (Å²) in [5, 5.41) is 12.9. The molecule has 0 saturated heterocycles. The quantitative estimate of drug-likeness (QED) is 0.363. The zero-order valence-corrected chi connectivity index (χ0v) is 18.5. The van der Waals surface area contributed by atoms with E-state index in [9.17, 15) is 18.0 Å². The summed E-state index contributed by atoms with van der Waals surface area (Å²) in [4.78, 5) is 22.0. The number of aryl methyl sites for hydroxylation is 1. The summed E-state index contributed by atoms with van der Waals surface area (Å²) in [6.07, 6.45) is 0.552. The monoisotopic (exact) mass is 480 g/mol. The van der Waals surface area contributed by atoms with Crippen LogP contribution in [-0.2, 0) is 24.1 Å². The van der Waals surface area contributed by atoms with Crippen molar-refractivity contribution in [1.82, 2.24) is 39.2 Å². The number of imidazole rings is 1. The van der Waals surface area contributed by atoms with E-state index in [1.807, 2.05) is 28.8 Å². The van der Waals surface area contributed by atoms with Gasteiger partial charge in [-0.1, -0.05) is 6.07 Å². The molecule has 12 heteroatoms.